The van der Waals surface area contributed by atoms with Crippen LogP contribution in [0.4, 0.5) is 11.4 Å². The van der Waals surface area contributed by atoms with Crippen LogP contribution in [0.3, 0.4) is 0 Å². The normalized spacial score (nSPS) is 26.8. The fourth-order valence-corrected chi connectivity index (χ4v) is 9.08. The quantitative estimate of drug-likeness (QED) is 0.137. The fourth-order valence-electron chi connectivity index (χ4n) is 9.08. The van der Waals surface area contributed by atoms with E-state index in [1.54, 1.807) is 43.3 Å². The van der Waals surface area contributed by atoms with Crippen molar-refractivity contribution >= 4 is 40.8 Å². The number of hydrazine groups is 1. The van der Waals surface area contributed by atoms with Gasteiger partial charge in [-0.3, -0.25) is 34.3 Å². The zero-order valence-electron chi connectivity index (χ0n) is 28.5. The maximum absolute atomic E-state index is 15.2. The van der Waals surface area contributed by atoms with Crippen molar-refractivity contribution in [1.82, 2.24) is 5.01 Å². The average Bonchev–Trinajstić information content (AvgIpc) is 3.51. The van der Waals surface area contributed by atoms with Crippen molar-refractivity contribution in [3.05, 3.63) is 137 Å². The largest absolute Gasteiger partial charge is 0.508 e. The number of anilines is 2. The lowest BCUT2D eigenvalue weighted by molar-refractivity contribution is -0.138. The molecule has 4 aromatic carbocycles. The lowest BCUT2D eigenvalue weighted by Gasteiger charge is -2.50. The molecular weight excluding hydrogens is 642 g/mol. The average molecular weight is 680 g/mol. The summed E-state index contributed by atoms with van der Waals surface area (Å²) < 4.78 is 0. The summed E-state index contributed by atoms with van der Waals surface area (Å²) in [5, 5.41) is 11.7. The topological polar surface area (TPSA) is 124 Å². The Bertz CT molecular complexity index is 2160. The van der Waals surface area contributed by atoms with Crippen LogP contribution in [0.5, 0.6) is 5.75 Å². The number of nitrogens with zero attached hydrogens (tertiary/aromatic N) is 2. The molecule has 2 saturated heterocycles. The van der Waals surface area contributed by atoms with E-state index in [9.17, 15) is 24.3 Å². The maximum atomic E-state index is 15.2. The van der Waals surface area contributed by atoms with Crippen LogP contribution < -0.4 is 10.3 Å². The van der Waals surface area contributed by atoms with Crippen LogP contribution in [0, 0.1) is 37.5 Å². The van der Waals surface area contributed by atoms with E-state index in [0.29, 0.717) is 34.5 Å². The molecule has 0 spiro atoms. The molecule has 6 unspecified atom stereocenters. The third-order valence-corrected chi connectivity index (χ3v) is 11.5. The molecule has 8 rings (SSSR count). The maximum Gasteiger partial charge on any atom is 0.260 e. The van der Waals surface area contributed by atoms with Gasteiger partial charge in [0.1, 0.15) is 5.75 Å². The molecule has 4 aromatic rings. The van der Waals surface area contributed by atoms with Crippen LogP contribution in [0.1, 0.15) is 58.3 Å². The van der Waals surface area contributed by atoms with Gasteiger partial charge in [-0.25, -0.2) is 0 Å². The van der Waals surface area contributed by atoms with Crippen LogP contribution in [-0.2, 0) is 24.6 Å². The number of benzene rings is 4. The summed E-state index contributed by atoms with van der Waals surface area (Å²) in [6, 6.07) is 28.5. The van der Waals surface area contributed by atoms with Gasteiger partial charge in [-0.1, -0.05) is 71.8 Å². The number of rotatable bonds is 6. The number of allylic oxidation sites excluding steroid dienone is 2. The first-order valence-corrected chi connectivity index (χ1v) is 17.3. The lowest BCUT2D eigenvalue weighted by atomic mass is 9.49. The first-order valence-electron chi connectivity index (χ1n) is 17.3. The Morgan fingerprint density at radius 2 is 1.53 bits per heavy atom. The first kappa shape index (κ1) is 32.4. The summed E-state index contributed by atoms with van der Waals surface area (Å²) in [4.78, 5) is 71.7. The minimum atomic E-state index is -1.39. The van der Waals surface area contributed by atoms with Crippen molar-refractivity contribution in [2.24, 2.45) is 23.7 Å². The van der Waals surface area contributed by atoms with E-state index in [2.05, 4.69) is 5.43 Å². The molecule has 1 saturated carbocycles. The molecule has 2 heterocycles. The van der Waals surface area contributed by atoms with E-state index < -0.39 is 46.8 Å². The predicted molar refractivity (Wildman–Crippen MR) is 191 cm³/mol. The van der Waals surface area contributed by atoms with Gasteiger partial charge in [-0.15, -0.1) is 0 Å². The zero-order valence-corrected chi connectivity index (χ0v) is 28.5. The van der Waals surface area contributed by atoms with Crippen molar-refractivity contribution in [3.8, 4) is 5.75 Å². The molecular formula is C42H37N3O6. The molecule has 51 heavy (non-hydrogen) atoms. The third-order valence-electron chi connectivity index (χ3n) is 11.5. The van der Waals surface area contributed by atoms with Gasteiger partial charge in [-0.2, -0.15) is 5.01 Å². The smallest absolute Gasteiger partial charge is 0.260 e. The Labute approximate surface area is 295 Å². The van der Waals surface area contributed by atoms with E-state index >= 15 is 4.79 Å². The highest BCUT2D eigenvalue weighted by molar-refractivity contribution is 6.22. The number of aryl methyl sites for hydroxylation is 2. The number of aromatic hydroxyl groups is 1. The highest BCUT2D eigenvalue weighted by atomic mass is 16.3. The van der Waals surface area contributed by atoms with Gasteiger partial charge in [0.05, 0.1) is 34.5 Å². The minimum absolute atomic E-state index is 0.105. The summed E-state index contributed by atoms with van der Waals surface area (Å²) in [6.45, 7) is 5.21. The van der Waals surface area contributed by atoms with E-state index in [4.69, 9.17) is 0 Å². The Kier molecular flexibility index (Phi) is 7.56. The Morgan fingerprint density at radius 1 is 0.824 bits per heavy atom. The van der Waals surface area contributed by atoms with Crippen LogP contribution in [0.25, 0.3) is 0 Å². The molecule has 3 fully saturated rings. The molecule has 4 aliphatic rings. The number of Topliss-reactive ketones (excluding diaryl/α,β-unsaturated/α-hetero) is 1. The third kappa shape index (κ3) is 4.78. The number of nitrogens with one attached hydrogen (secondary N) is 1. The van der Waals surface area contributed by atoms with Gasteiger partial charge in [0.25, 0.3) is 11.8 Å². The predicted octanol–water partition coefficient (Wildman–Crippen LogP) is 6.40. The van der Waals surface area contributed by atoms with Crippen LogP contribution in [0.15, 0.2) is 109 Å². The number of phenols is 1. The molecule has 0 aromatic heterocycles. The molecule has 6 atom stereocenters. The molecule has 0 bridgehead atoms. The van der Waals surface area contributed by atoms with Crippen LogP contribution in [0.2, 0.25) is 0 Å². The van der Waals surface area contributed by atoms with Gasteiger partial charge in [0.2, 0.25) is 11.8 Å². The number of carbonyl (C=O) groups excluding carboxylic acids is 5. The number of amides is 4. The first-order chi connectivity index (χ1) is 24.5. The summed E-state index contributed by atoms with van der Waals surface area (Å²) in [5.74, 6) is -4.95. The van der Waals surface area contributed by atoms with Crippen molar-refractivity contribution in [1.29, 1.82) is 0 Å². The Hall–Kier alpha value is -5.83. The number of imide groups is 2. The molecule has 2 aliphatic carbocycles. The van der Waals surface area contributed by atoms with Gasteiger partial charge in [0, 0.05) is 11.5 Å². The Balaban J connectivity index is 1.29. The molecule has 2 aliphatic heterocycles. The second-order valence-electron chi connectivity index (χ2n) is 14.3. The number of carbonyl (C=O) groups is 5. The molecule has 9 nitrogen and oxygen atoms in total. The minimum Gasteiger partial charge on any atom is -0.508 e. The van der Waals surface area contributed by atoms with Crippen LogP contribution in [-0.4, -0.2) is 39.5 Å². The number of hydrogen-bond donors (Lipinski definition) is 2. The van der Waals surface area contributed by atoms with Gasteiger partial charge >= 0.3 is 0 Å². The zero-order chi connectivity index (χ0) is 35.8. The highest BCUT2D eigenvalue weighted by Gasteiger charge is 2.70. The molecule has 256 valence electrons. The summed E-state index contributed by atoms with van der Waals surface area (Å²) in [6.07, 6.45) is 2.49. The second kappa shape index (κ2) is 11.9. The second-order valence-corrected chi connectivity index (χ2v) is 14.3. The number of phenolic OH excluding ortho intramolecular Hbond substituents is 1. The fraction of sp³-hybridized carbons (Fsp3) is 0.262. The number of fused-ring (bicyclic) bond motifs is 4. The Morgan fingerprint density at radius 3 is 2.20 bits per heavy atom. The monoisotopic (exact) mass is 679 g/mol. The van der Waals surface area contributed by atoms with Crippen molar-refractivity contribution in [2.75, 3.05) is 10.3 Å². The van der Waals surface area contributed by atoms with Gasteiger partial charge < -0.3 is 5.11 Å². The SMILES string of the molecule is CC(=O)c1ccc(N2C(=O)C3CC=C4C(CC5C(=O)N(Nc6ccc(C)cc6)C(=O)C5(c5ccccc5)C4c4ccc(O)c(C)c4)C3C2=O)cc1. The standard InChI is InChI=1S/C42H37N3O6/c1-23-9-14-29(15-10-23)43-45-39(49)34-22-33-31(18-19-32-36(33)40(50)44(38(32)48)30-16-11-26(12-17-30)25(3)46)37(27-13-20-35(47)24(2)21-27)42(34,41(45)51)28-7-5-4-6-8-28/h4-18,20-21,32-34,36-37,43,47H,19,22H2,1-3H3. The summed E-state index contributed by atoms with van der Waals surface area (Å²) in [5.41, 5.74) is 7.09. The summed E-state index contributed by atoms with van der Waals surface area (Å²) >= 11 is 0. The van der Waals surface area contributed by atoms with E-state index in [0.717, 1.165) is 21.7 Å². The molecule has 9 heteroatoms. The lowest BCUT2D eigenvalue weighted by Crippen LogP contribution is -2.53. The van der Waals surface area contributed by atoms with Crippen LogP contribution >= 0.6 is 0 Å². The van der Waals surface area contributed by atoms with E-state index in [1.165, 1.54) is 11.8 Å². The number of ketones is 1. The van der Waals surface area contributed by atoms with Crippen molar-refractivity contribution < 1.29 is 29.1 Å². The van der Waals surface area contributed by atoms with E-state index in [1.807, 2.05) is 73.7 Å². The molecule has 0 radical (unpaired) electrons. The van der Waals surface area contributed by atoms with Gasteiger partial charge in [0.15, 0.2) is 5.78 Å². The van der Waals surface area contributed by atoms with Crippen molar-refractivity contribution in [2.45, 2.75) is 44.9 Å². The van der Waals surface area contributed by atoms with Gasteiger partial charge in [-0.05, 0) is 98.7 Å². The van der Waals surface area contributed by atoms with Crippen molar-refractivity contribution in [3.63, 3.8) is 0 Å². The molecule has 2 N–H and O–H groups in total. The number of hydrogen-bond acceptors (Lipinski definition) is 7. The highest BCUT2D eigenvalue weighted by Crippen LogP contribution is 2.64. The molecule has 4 amide bonds. The van der Waals surface area contributed by atoms with E-state index in [-0.39, 0.29) is 29.8 Å². The summed E-state index contributed by atoms with van der Waals surface area (Å²) in [7, 11) is 0.